The van der Waals surface area contributed by atoms with Crippen molar-refractivity contribution in [1.82, 2.24) is 0 Å². The highest BCUT2D eigenvalue weighted by molar-refractivity contribution is 5.95. The van der Waals surface area contributed by atoms with Crippen molar-refractivity contribution in [2.75, 3.05) is 7.11 Å². The molecule has 4 aromatic rings. The molecule has 0 saturated carbocycles. The molecule has 2 heterocycles. The summed E-state index contributed by atoms with van der Waals surface area (Å²) in [6.45, 7) is 1.87. The molecule has 29 heavy (non-hydrogen) atoms. The zero-order valence-corrected chi connectivity index (χ0v) is 16.0. The van der Waals surface area contributed by atoms with Crippen LogP contribution >= 0.6 is 0 Å². The first kappa shape index (κ1) is 17.5. The van der Waals surface area contributed by atoms with E-state index in [0.717, 1.165) is 38.6 Å². The lowest BCUT2D eigenvalue weighted by Crippen LogP contribution is -2.22. The van der Waals surface area contributed by atoms with Crippen LogP contribution in [0.4, 0.5) is 0 Å². The van der Waals surface area contributed by atoms with E-state index >= 15 is 0 Å². The third kappa shape index (κ3) is 2.70. The van der Waals surface area contributed by atoms with Crippen molar-refractivity contribution in [2.24, 2.45) is 0 Å². The topological polar surface area (TPSA) is 65.7 Å². The SMILES string of the molecule is COc1ccc([C@@H]2CC(=O)Oc3ccc4c(C)cc(=O)oc4c32)c2ccccc12. The summed E-state index contributed by atoms with van der Waals surface area (Å²) in [4.78, 5) is 24.5. The number of methoxy groups -OCH3 is 1. The Kier molecular flexibility index (Phi) is 3.91. The molecule has 5 rings (SSSR count). The molecule has 1 atom stereocenters. The summed E-state index contributed by atoms with van der Waals surface area (Å²) >= 11 is 0. The van der Waals surface area contributed by atoms with Gasteiger partial charge in [-0.1, -0.05) is 30.3 Å². The minimum Gasteiger partial charge on any atom is -0.496 e. The molecule has 1 aliphatic rings. The molecule has 0 unspecified atom stereocenters. The standard InChI is InChI=1S/C24H18O5/c1-13-11-21(25)29-24-14(13)7-10-20-23(24)18(12-22(26)28-20)16-8-9-19(27-2)17-6-4-3-5-15(16)17/h3-11,18H,12H2,1-2H3/t18-/m0/s1. The Morgan fingerprint density at radius 3 is 2.55 bits per heavy atom. The van der Waals surface area contributed by atoms with E-state index < -0.39 is 5.63 Å². The van der Waals surface area contributed by atoms with Gasteiger partial charge in [0.25, 0.3) is 0 Å². The zero-order valence-electron chi connectivity index (χ0n) is 16.0. The van der Waals surface area contributed by atoms with Crippen LogP contribution in [0.3, 0.4) is 0 Å². The van der Waals surface area contributed by atoms with Gasteiger partial charge in [-0.2, -0.15) is 0 Å². The summed E-state index contributed by atoms with van der Waals surface area (Å²) in [6, 6.07) is 16.9. The van der Waals surface area contributed by atoms with Crippen molar-refractivity contribution in [1.29, 1.82) is 0 Å². The summed E-state index contributed by atoms with van der Waals surface area (Å²) in [5.41, 5.74) is 2.59. The van der Waals surface area contributed by atoms with E-state index in [9.17, 15) is 9.59 Å². The number of ether oxygens (including phenoxy) is 2. The van der Waals surface area contributed by atoms with Gasteiger partial charge in [0, 0.05) is 28.3 Å². The Balaban J connectivity index is 1.86. The van der Waals surface area contributed by atoms with Crippen molar-refractivity contribution < 1.29 is 18.7 Å². The van der Waals surface area contributed by atoms with Crippen molar-refractivity contribution in [2.45, 2.75) is 19.3 Å². The molecule has 0 spiro atoms. The average Bonchev–Trinajstić information content (AvgIpc) is 2.71. The van der Waals surface area contributed by atoms with Gasteiger partial charge in [-0.15, -0.1) is 0 Å². The van der Waals surface area contributed by atoms with Crippen LogP contribution in [0.5, 0.6) is 11.5 Å². The van der Waals surface area contributed by atoms with E-state index in [4.69, 9.17) is 13.9 Å². The number of hydrogen-bond acceptors (Lipinski definition) is 5. The smallest absolute Gasteiger partial charge is 0.336 e. The Morgan fingerprint density at radius 1 is 0.966 bits per heavy atom. The van der Waals surface area contributed by atoms with Crippen LogP contribution in [0.2, 0.25) is 0 Å². The van der Waals surface area contributed by atoms with Gasteiger partial charge >= 0.3 is 11.6 Å². The van der Waals surface area contributed by atoms with E-state index in [2.05, 4.69) is 0 Å². The number of benzene rings is 3. The minimum absolute atomic E-state index is 0.167. The van der Waals surface area contributed by atoms with Crippen molar-refractivity contribution in [3.8, 4) is 11.5 Å². The van der Waals surface area contributed by atoms with E-state index in [1.54, 1.807) is 13.2 Å². The van der Waals surface area contributed by atoms with Gasteiger partial charge in [-0.25, -0.2) is 4.79 Å². The molecule has 0 bridgehead atoms. The maximum atomic E-state index is 12.4. The number of esters is 1. The van der Waals surface area contributed by atoms with Gasteiger partial charge in [0.2, 0.25) is 0 Å². The predicted molar refractivity (Wildman–Crippen MR) is 110 cm³/mol. The Labute approximate surface area is 166 Å². The molecule has 1 aliphatic heterocycles. The predicted octanol–water partition coefficient (Wildman–Crippen LogP) is 4.70. The lowest BCUT2D eigenvalue weighted by atomic mass is 9.82. The van der Waals surface area contributed by atoms with Crippen LogP contribution in [0.25, 0.3) is 21.7 Å². The highest BCUT2D eigenvalue weighted by atomic mass is 16.5. The first-order valence-corrected chi connectivity index (χ1v) is 9.40. The second-order valence-electron chi connectivity index (χ2n) is 7.24. The second-order valence-corrected chi connectivity index (χ2v) is 7.24. The summed E-state index contributed by atoms with van der Waals surface area (Å²) in [7, 11) is 1.64. The van der Waals surface area contributed by atoms with Crippen LogP contribution in [0.1, 0.15) is 29.0 Å². The third-order valence-electron chi connectivity index (χ3n) is 5.57. The van der Waals surface area contributed by atoms with Gasteiger partial charge in [0.15, 0.2) is 0 Å². The molecule has 5 heteroatoms. The fourth-order valence-corrected chi connectivity index (χ4v) is 4.28. The maximum Gasteiger partial charge on any atom is 0.336 e. The number of hydrogen-bond donors (Lipinski definition) is 0. The molecule has 0 aliphatic carbocycles. The molecule has 0 fully saturated rings. The fraction of sp³-hybridized carbons (Fsp3) is 0.167. The first-order valence-electron chi connectivity index (χ1n) is 9.40. The lowest BCUT2D eigenvalue weighted by Gasteiger charge is -2.27. The molecule has 3 aromatic carbocycles. The molecular weight excluding hydrogens is 368 g/mol. The lowest BCUT2D eigenvalue weighted by molar-refractivity contribution is -0.135. The molecule has 0 N–H and O–H groups in total. The summed E-state index contributed by atoms with van der Waals surface area (Å²) < 4.78 is 16.6. The zero-order chi connectivity index (χ0) is 20.1. The normalized spacial score (nSPS) is 15.9. The third-order valence-corrected chi connectivity index (χ3v) is 5.57. The van der Waals surface area contributed by atoms with Gasteiger partial charge in [-0.3, -0.25) is 4.79 Å². The Hall–Kier alpha value is -3.60. The van der Waals surface area contributed by atoms with Gasteiger partial charge in [-0.05, 0) is 41.6 Å². The van der Waals surface area contributed by atoms with E-state index in [1.165, 1.54) is 6.07 Å². The highest BCUT2D eigenvalue weighted by Gasteiger charge is 2.33. The highest BCUT2D eigenvalue weighted by Crippen LogP contribution is 2.45. The number of fused-ring (bicyclic) bond motifs is 4. The van der Waals surface area contributed by atoms with Crippen LogP contribution in [0.15, 0.2) is 63.8 Å². The summed E-state index contributed by atoms with van der Waals surface area (Å²) in [6.07, 6.45) is 0.167. The van der Waals surface area contributed by atoms with Crippen molar-refractivity contribution in [3.63, 3.8) is 0 Å². The largest absolute Gasteiger partial charge is 0.496 e. The van der Waals surface area contributed by atoms with Crippen molar-refractivity contribution in [3.05, 3.63) is 81.7 Å². The Morgan fingerprint density at radius 2 is 1.76 bits per heavy atom. The van der Waals surface area contributed by atoms with Gasteiger partial charge in [0.05, 0.1) is 13.5 Å². The molecule has 144 valence electrons. The molecule has 0 radical (unpaired) electrons. The van der Waals surface area contributed by atoms with Crippen LogP contribution in [-0.2, 0) is 4.79 Å². The van der Waals surface area contributed by atoms with Crippen LogP contribution in [-0.4, -0.2) is 13.1 Å². The number of carbonyl (C=O) groups excluding carboxylic acids is 1. The number of carbonyl (C=O) groups is 1. The molecule has 0 amide bonds. The Bertz CT molecular complexity index is 1350. The minimum atomic E-state index is -0.418. The van der Waals surface area contributed by atoms with Crippen molar-refractivity contribution >= 4 is 27.7 Å². The van der Waals surface area contributed by atoms with Crippen LogP contribution in [0, 0.1) is 6.92 Å². The number of aryl methyl sites for hydroxylation is 1. The van der Waals surface area contributed by atoms with Crippen LogP contribution < -0.4 is 15.1 Å². The summed E-state index contributed by atoms with van der Waals surface area (Å²) in [5, 5.41) is 2.79. The van der Waals surface area contributed by atoms with E-state index in [0.29, 0.717) is 11.3 Å². The molecule has 0 saturated heterocycles. The van der Waals surface area contributed by atoms with Gasteiger partial charge in [0.1, 0.15) is 17.1 Å². The molecule has 1 aromatic heterocycles. The fourth-order valence-electron chi connectivity index (χ4n) is 4.28. The maximum absolute atomic E-state index is 12.4. The summed E-state index contributed by atoms with van der Waals surface area (Å²) in [5.74, 6) is 0.600. The quantitative estimate of drug-likeness (QED) is 0.284. The van der Waals surface area contributed by atoms with Gasteiger partial charge < -0.3 is 13.9 Å². The van der Waals surface area contributed by atoms with E-state index in [1.807, 2.05) is 49.4 Å². The first-order chi connectivity index (χ1) is 14.1. The molecule has 5 nitrogen and oxygen atoms in total. The van der Waals surface area contributed by atoms with E-state index in [-0.39, 0.29) is 18.3 Å². The second kappa shape index (κ2) is 6.48. The molecular formula is C24H18O5. The monoisotopic (exact) mass is 386 g/mol. The average molecular weight is 386 g/mol. The number of rotatable bonds is 2.